The maximum absolute atomic E-state index is 11.4. The first-order valence-corrected chi connectivity index (χ1v) is 4.85. The van der Waals surface area contributed by atoms with E-state index in [1.54, 1.807) is 6.07 Å². The lowest BCUT2D eigenvalue weighted by Gasteiger charge is -2.07. The zero-order valence-corrected chi connectivity index (χ0v) is 8.86. The van der Waals surface area contributed by atoms with Crippen LogP contribution in [0.25, 0.3) is 0 Å². The van der Waals surface area contributed by atoms with Crippen LogP contribution in [0.1, 0.15) is 19.0 Å². The van der Waals surface area contributed by atoms with Crippen LogP contribution in [0.5, 0.6) is 0 Å². The van der Waals surface area contributed by atoms with E-state index in [9.17, 15) is 9.59 Å². The number of nitrogens with two attached hydrogens (primary N) is 1. The lowest BCUT2D eigenvalue weighted by Crippen LogP contribution is -2.37. The molecule has 0 saturated heterocycles. The highest BCUT2D eigenvalue weighted by molar-refractivity contribution is 5.95. The van der Waals surface area contributed by atoms with Gasteiger partial charge in [0.2, 0.25) is 5.91 Å². The Morgan fingerprint density at radius 2 is 2.38 bits per heavy atom. The molecule has 0 aliphatic heterocycles. The van der Waals surface area contributed by atoms with E-state index in [1.807, 2.05) is 6.92 Å². The molecule has 0 spiro atoms. The number of hydrogen-bond acceptors (Lipinski definition) is 4. The molecule has 16 heavy (non-hydrogen) atoms. The van der Waals surface area contributed by atoms with Crippen molar-refractivity contribution in [3.63, 3.8) is 0 Å². The van der Waals surface area contributed by atoms with E-state index in [4.69, 9.17) is 10.8 Å². The zero-order chi connectivity index (χ0) is 12.1. The maximum atomic E-state index is 11.4. The van der Waals surface area contributed by atoms with Crippen LogP contribution in [0.15, 0.2) is 6.07 Å². The SMILES string of the molecule is CCc1cc(NC(=O)C(N)CC(=O)O)n[nH]1. The number of nitrogens with zero attached hydrogens (tertiary/aromatic N) is 1. The summed E-state index contributed by atoms with van der Waals surface area (Å²) in [4.78, 5) is 21.7. The highest BCUT2D eigenvalue weighted by atomic mass is 16.4. The first kappa shape index (κ1) is 12.2. The zero-order valence-electron chi connectivity index (χ0n) is 8.86. The molecule has 1 unspecified atom stereocenters. The molecule has 0 aliphatic carbocycles. The summed E-state index contributed by atoms with van der Waals surface area (Å²) in [6.45, 7) is 1.94. The van der Waals surface area contributed by atoms with Crippen molar-refractivity contribution in [1.29, 1.82) is 0 Å². The van der Waals surface area contributed by atoms with Gasteiger partial charge in [-0.2, -0.15) is 5.10 Å². The Morgan fingerprint density at radius 1 is 1.69 bits per heavy atom. The molecule has 1 amide bonds. The normalized spacial score (nSPS) is 12.1. The number of aromatic amines is 1. The number of carboxylic acids is 1. The molecule has 0 bridgehead atoms. The fourth-order valence-electron chi connectivity index (χ4n) is 1.11. The molecular formula is C9H14N4O3. The number of aromatic nitrogens is 2. The molecule has 0 aromatic carbocycles. The average Bonchev–Trinajstić information content (AvgIpc) is 2.64. The van der Waals surface area contributed by atoms with E-state index in [0.717, 1.165) is 12.1 Å². The van der Waals surface area contributed by atoms with E-state index in [1.165, 1.54) is 0 Å². The molecule has 1 atom stereocenters. The number of carbonyl (C=O) groups excluding carboxylic acids is 1. The first-order chi connectivity index (χ1) is 7.52. The molecule has 7 nitrogen and oxygen atoms in total. The fourth-order valence-corrected chi connectivity index (χ4v) is 1.11. The number of anilines is 1. The summed E-state index contributed by atoms with van der Waals surface area (Å²) >= 11 is 0. The van der Waals surface area contributed by atoms with Gasteiger partial charge in [0.1, 0.15) is 0 Å². The largest absolute Gasteiger partial charge is 0.481 e. The van der Waals surface area contributed by atoms with Crippen molar-refractivity contribution < 1.29 is 14.7 Å². The molecule has 5 N–H and O–H groups in total. The number of aliphatic carboxylic acids is 1. The van der Waals surface area contributed by atoms with Crippen LogP contribution < -0.4 is 11.1 Å². The summed E-state index contributed by atoms with van der Waals surface area (Å²) in [7, 11) is 0. The van der Waals surface area contributed by atoms with Crippen molar-refractivity contribution in [3.8, 4) is 0 Å². The van der Waals surface area contributed by atoms with Crippen LogP contribution in [0, 0.1) is 0 Å². The van der Waals surface area contributed by atoms with Crippen LogP contribution in [-0.4, -0.2) is 33.2 Å². The van der Waals surface area contributed by atoms with Gasteiger partial charge in [-0.05, 0) is 6.42 Å². The van der Waals surface area contributed by atoms with Gasteiger partial charge in [0.15, 0.2) is 5.82 Å². The van der Waals surface area contributed by atoms with E-state index < -0.39 is 24.3 Å². The number of nitrogens with one attached hydrogen (secondary N) is 2. The first-order valence-electron chi connectivity index (χ1n) is 4.85. The minimum atomic E-state index is -1.11. The Hall–Kier alpha value is -1.89. The number of hydrogen-bond donors (Lipinski definition) is 4. The summed E-state index contributed by atoms with van der Waals surface area (Å²) in [6, 6.07) is 0.602. The van der Waals surface area contributed by atoms with Gasteiger partial charge < -0.3 is 16.2 Å². The highest BCUT2D eigenvalue weighted by Crippen LogP contribution is 2.06. The Balaban J connectivity index is 2.53. The van der Waals surface area contributed by atoms with Gasteiger partial charge in [-0.15, -0.1) is 0 Å². The monoisotopic (exact) mass is 226 g/mol. The molecule has 7 heteroatoms. The van der Waals surface area contributed by atoms with Crippen LogP contribution in [-0.2, 0) is 16.0 Å². The van der Waals surface area contributed by atoms with Gasteiger partial charge in [0.25, 0.3) is 0 Å². The topological polar surface area (TPSA) is 121 Å². The Morgan fingerprint density at radius 3 is 2.88 bits per heavy atom. The number of aryl methyl sites for hydroxylation is 1. The van der Waals surface area contributed by atoms with E-state index in [-0.39, 0.29) is 0 Å². The minimum Gasteiger partial charge on any atom is -0.481 e. The van der Waals surface area contributed by atoms with Gasteiger partial charge >= 0.3 is 5.97 Å². The van der Waals surface area contributed by atoms with Crippen molar-refractivity contribution in [2.45, 2.75) is 25.8 Å². The lowest BCUT2D eigenvalue weighted by atomic mass is 10.2. The molecule has 1 heterocycles. The highest BCUT2D eigenvalue weighted by Gasteiger charge is 2.17. The summed E-state index contributed by atoms with van der Waals surface area (Å²) in [5, 5.41) is 17.4. The predicted octanol–water partition coefficient (Wildman–Crippen LogP) is -0.287. The number of rotatable bonds is 5. The van der Waals surface area contributed by atoms with Crippen molar-refractivity contribution in [1.82, 2.24) is 10.2 Å². The van der Waals surface area contributed by atoms with Crippen molar-refractivity contribution in [3.05, 3.63) is 11.8 Å². The molecule has 0 aliphatic rings. The summed E-state index contributed by atoms with van der Waals surface area (Å²) in [6.07, 6.45) is 0.362. The van der Waals surface area contributed by atoms with E-state index in [2.05, 4.69) is 15.5 Å². The van der Waals surface area contributed by atoms with E-state index in [0.29, 0.717) is 5.82 Å². The second-order valence-corrected chi connectivity index (χ2v) is 3.33. The quantitative estimate of drug-likeness (QED) is 0.549. The molecule has 1 aromatic rings. The number of amides is 1. The van der Waals surface area contributed by atoms with Crippen LogP contribution in [0.2, 0.25) is 0 Å². The number of H-pyrrole nitrogens is 1. The number of carbonyl (C=O) groups is 2. The van der Waals surface area contributed by atoms with Gasteiger partial charge in [0.05, 0.1) is 12.5 Å². The molecule has 0 radical (unpaired) electrons. The standard InChI is InChI=1S/C9H14N4O3/c1-2-5-3-7(13-12-5)11-9(16)6(10)4-8(14)15/h3,6H,2,4,10H2,1H3,(H,14,15)(H2,11,12,13,16). The fraction of sp³-hybridized carbons (Fsp3) is 0.444. The van der Waals surface area contributed by atoms with Crippen LogP contribution in [0.4, 0.5) is 5.82 Å². The molecule has 0 fully saturated rings. The van der Waals surface area contributed by atoms with Gasteiger partial charge in [-0.25, -0.2) is 0 Å². The van der Waals surface area contributed by atoms with Gasteiger partial charge in [0, 0.05) is 11.8 Å². The Kier molecular flexibility index (Phi) is 4.01. The second-order valence-electron chi connectivity index (χ2n) is 3.33. The van der Waals surface area contributed by atoms with Crippen LogP contribution >= 0.6 is 0 Å². The van der Waals surface area contributed by atoms with E-state index >= 15 is 0 Å². The second kappa shape index (κ2) is 5.26. The minimum absolute atomic E-state index is 0.350. The smallest absolute Gasteiger partial charge is 0.305 e. The maximum Gasteiger partial charge on any atom is 0.305 e. The molecular weight excluding hydrogens is 212 g/mol. The Bertz CT molecular complexity index is 388. The average molecular weight is 226 g/mol. The molecule has 1 aromatic heterocycles. The predicted molar refractivity (Wildman–Crippen MR) is 56.8 cm³/mol. The van der Waals surface area contributed by atoms with Crippen molar-refractivity contribution >= 4 is 17.7 Å². The third-order valence-corrected chi connectivity index (χ3v) is 1.99. The van der Waals surface area contributed by atoms with Crippen LogP contribution in [0.3, 0.4) is 0 Å². The summed E-state index contributed by atoms with van der Waals surface area (Å²) in [5.74, 6) is -1.32. The van der Waals surface area contributed by atoms with Crippen molar-refractivity contribution in [2.24, 2.45) is 5.73 Å². The third-order valence-electron chi connectivity index (χ3n) is 1.99. The van der Waals surface area contributed by atoms with Gasteiger partial charge in [-0.3, -0.25) is 14.7 Å². The molecule has 88 valence electrons. The Labute approximate surface area is 92.0 Å². The van der Waals surface area contributed by atoms with Crippen molar-refractivity contribution in [2.75, 3.05) is 5.32 Å². The summed E-state index contributed by atoms with van der Waals surface area (Å²) in [5.41, 5.74) is 6.25. The summed E-state index contributed by atoms with van der Waals surface area (Å²) < 4.78 is 0. The molecule has 1 rings (SSSR count). The van der Waals surface area contributed by atoms with Gasteiger partial charge in [-0.1, -0.05) is 6.92 Å². The third kappa shape index (κ3) is 3.35. The molecule has 0 saturated carbocycles. The lowest BCUT2D eigenvalue weighted by molar-refractivity contribution is -0.138. The number of carboxylic acid groups (broad SMARTS) is 1.